The Morgan fingerprint density at radius 1 is 1.19 bits per heavy atom. The zero-order valence-corrected chi connectivity index (χ0v) is 16.6. The molecule has 1 aromatic heterocycles. The molecule has 0 saturated heterocycles. The molecule has 2 heterocycles. The van der Waals surface area contributed by atoms with Gasteiger partial charge in [-0.1, -0.05) is 6.07 Å². The van der Waals surface area contributed by atoms with Crippen LogP contribution in [0, 0.1) is 11.3 Å². The van der Waals surface area contributed by atoms with Crippen molar-refractivity contribution in [3.63, 3.8) is 0 Å². The third kappa shape index (κ3) is 4.50. The molecule has 1 N–H and O–H groups in total. The van der Waals surface area contributed by atoms with Crippen molar-refractivity contribution >= 4 is 18.6 Å². The Kier molecular flexibility index (Phi) is 5.84. The monoisotopic (exact) mass is 416 g/mol. The molecule has 0 fully saturated rings. The summed E-state index contributed by atoms with van der Waals surface area (Å²) in [5.74, 6) is 0.849. The number of carbonyl (C=O) groups is 1. The van der Waals surface area contributed by atoms with Gasteiger partial charge in [0.2, 0.25) is 5.88 Å². The molecule has 0 unspecified atom stereocenters. The van der Waals surface area contributed by atoms with Crippen molar-refractivity contribution in [3.05, 3.63) is 71.4 Å². The smallest absolute Gasteiger partial charge is 0.462 e. The maximum absolute atomic E-state index is 12.2. The van der Waals surface area contributed by atoms with Crippen molar-refractivity contribution in [2.24, 2.45) is 0 Å². The van der Waals surface area contributed by atoms with Crippen LogP contribution in [0.25, 0.3) is 0 Å². The van der Waals surface area contributed by atoms with Gasteiger partial charge < -0.3 is 23.9 Å². The number of aromatic nitrogens is 1. The largest absolute Gasteiger partial charge is 0.491 e. The van der Waals surface area contributed by atoms with Crippen molar-refractivity contribution in [1.82, 2.24) is 4.98 Å². The van der Waals surface area contributed by atoms with Crippen LogP contribution in [-0.2, 0) is 16.0 Å². The molecule has 0 aliphatic carbocycles. The van der Waals surface area contributed by atoms with Crippen LogP contribution in [0.1, 0.15) is 28.4 Å². The van der Waals surface area contributed by atoms with Gasteiger partial charge in [0.15, 0.2) is 11.5 Å². The summed E-state index contributed by atoms with van der Waals surface area (Å²) in [5, 5.41) is 18.7. The Morgan fingerprint density at radius 2 is 2.06 bits per heavy atom. The number of ether oxygens (including phenoxy) is 3. The Labute approximate surface area is 178 Å². The van der Waals surface area contributed by atoms with Crippen molar-refractivity contribution in [2.75, 3.05) is 6.61 Å². The molecule has 0 bridgehead atoms. The quantitative estimate of drug-likeness (QED) is 0.483. The molecular weight excluding hydrogens is 399 g/mol. The minimum Gasteiger partial charge on any atom is -0.462 e. The molecule has 0 atom stereocenters. The molecule has 1 aliphatic rings. The third-order valence-electron chi connectivity index (χ3n) is 4.54. The Bertz CT molecular complexity index is 1160. The number of hydrogen-bond donors (Lipinski definition) is 1. The van der Waals surface area contributed by atoms with E-state index in [-0.39, 0.29) is 24.8 Å². The van der Waals surface area contributed by atoms with Gasteiger partial charge in [-0.15, -0.1) is 0 Å². The van der Waals surface area contributed by atoms with Crippen LogP contribution in [0.3, 0.4) is 0 Å². The van der Waals surface area contributed by atoms with E-state index in [2.05, 4.69) is 4.98 Å². The fraction of sp³-hybridized carbons (Fsp3) is 0.136. The Morgan fingerprint density at radius 3 is 2.81 bits per heavy atom. The van der Waals surface area contributed by atoms with E-state index in [0.29, 0.717) is 28.1 Å². The maximum Gasteiger partial charge on any atom is 0.491 e. The van der Waals surface area contributed by atoms with E-state index in [9.17, 15) is 9.82 Å². The van der Waals surface area contributed by atoms with E-state index < -0.39 is 13.1 Å². The van der Waals surface area contributed by atoms with Gasteiger partial charge in [0, 0.05) is 12.3 Å². The fourth-order valence-corrected chi connectivity index (χ4v) is 3.03. The summed E-state index contributed by atoms with van der Waals surface area (Å²) in [6, 6.07) is 15.0. The minimum absolute atomic E-state index is 0.232. The van der Waals surface area contributed by atoms with Crippen LogP contribution in [0.4, 0.5) is 0 Å². The Balaban J connectivity index is 1.65. The number of benzene rings is 2. The van der Waals surface area contributed by atoms with Crippen LogP contribution in [0.2, 0.25) is 0 Å². The summed E-state index contributed by atoms with van der Waals surface area (Å²) >= 11 is 0. The number of hydrogen-bond acceptors (Lipinski definition) is 8. The standard InChI is InChI=1S/C22H17BN2O6/c1-2-28-22(26)15-4-7-19(20(10-15)31-21-8-3-14(11-24)12-25-21)30-17-5-6-18-16(9-17)13-29-23(18)27/h3-10,12,27H,2,13H2,1H3. The van der Waals surface area contributed by atoms with Gasteiger partial charge in [0.05, 0.1) is 24.3 Å². The second-order valence-electron chi connectivity index (χ2n) is 6.61. The van der Waals surface area contributed by atoms with Gasteiger partial charge in [-0.3, -0.25) is 0 Å². The van der Waals surface area contributed by atoms with Gasteiger partial charge in [-0.05, 0) is 54.3 Å². The molecule has 154 valence electrons. The lowest BCUT2D eigenvalue weighted by molar-refractivity contribution is 0.0526. The summed E-state index contributed by atoms with van der Waals surface area (Å²) in [4.78, 5) is 16.3. The van der Waals surface area contributed by atoms with Crippen LogP contribution in [0.15, 0.2) is 54.7 Å². The molecule has 2 aromatic carbocycles. The Hall–Kier alpha value is -3.87. The second kappa shape index (κ2) is 8.87. The molecule has 4 rings (SSSR count). The number of esters is 1. The van der Waals surface area contributed by atoms with E-state index in [4.69, 9.17) is 24.1 Å². The minimum atomic E-state index is -0.936. The zero-order valence-electron chi connectivity index (χ0n) is 16.6. The highest BCUT2D eigenvalue weighted by molar-refractivity contribution is 6.61. The molecule has 31 heavy (non-hydrogen) atoms. The number of pyridine rings is 1. The normalized spacial score (nSPS) is 12.1. The van der Waals surface area contributed by atoms with E-state index in [1.54, 1.807) is 49.4 Å². The number of nitrogens with zero attached hydrogens (tertiary/aromatic N) is 2. The third-order valence-corrected chi connectivity index (χ3v) is 4.54. The molecule has 0 amide bonds. The van der Waals surface area contributed by atoms with Gasteiger partial charge >= 0.3 is 13.1 Å². The summed E-state index contributed by atoms with van der Waals surface area (Å²) in [7, 11) is -0.936. The molecular formula is C22H17BN2O6. The number of nitriles is 1. The van der Waals surface area contributed by atoms with Crippen LogP contribution >= 0.6 is 0 Å². The SMILES string of the molecule is CCOC(=O)c1ccc(Oc2ccc3c(c2)COB3O)c(Oc2ccc(C#N)cn2)c1. The number of rotatable bonds is 6. The van der Waals surface area contributed by atoms with Gasteiger partial charge in [0.25, 0.3) is 0 Å². The molecule has 3 aromatic rings. The second-order valence-corrected chi connectivity index (χ2v) is 6.61. The van der Waals surface area contributed by atoms with Crippen molar-refractivity contribution < 1.29 is 28.7 Å². The predicted octanol–water partition coefficient (Wildman–Crippen LogP) is 2.93. The lowest BCUT2D eigenvalue weighted by Gasteiger charge is -2.14. The highest BCUT2D eigenvalue weighted by atomic mass is 16.5. The van der Waals surface area contributed by atoms with Crippen LogP contribution in [-0.4, -0.2) is 29.7 Å². The van der Waals surface area contributed by atoms with Gasteiger partial charge in [0.1, 0.15) is 11.8 Å². The summed E-state index contributed by atoms with van der Waals surface area (Å²) in [6.45, 7) is 2.25. The first kappa shape index (κ1) is 20.4. The molecule has 9 heteroatoms. The van der Waals surface area contributed by atoms with E-state index in [1.165, 1.54) is 12.3 Å². The van der Waals surface area contributed by atoms with Gasteiger partial charge in [-0.25, -0.2) is 9.78 Å². The zero-order chi connectivity index (χ0) is 21.8. The topological polar surface area (TPSA) is 111 Å². The van der Waals surface area contributed by atoms with Crippen molar-refractivity contribution in [2.45, 2.75) is 13.5 Å². The average Bonchev–Trinajstić information content (AvgIpc) is 3.15. The molecule has 0 saturated carbocycles. The molecule has 0 radical (unpaired) electrons. The van der Waals surface area contributed by atoms with Crippen LogP contribution in [0.5, 0.6) is 23.1 Å². The average molecular weight is 416 g/mol. The van der Waals surface area contributed by atoms with Gasteiger partial charge in [-0.2, -0.15) is 5.26 Å². The van der Waals surface area contributed by atoms with E-state index >= 15 is 0 Å². The molecule has 8 nitrogen and oxygen atoms in total. The summed E-state index contributed by atoms with van der Waals surface area (Å²) in [5.41, 5.74) is 2.21. The summed E-state index contributed by atoms with van der Waals surface area (Å²) in [6.07, 6.45) is 1.39. The molecule has 1 aliphatic heterocycles. The fourth-order valence-electron chi connectivity index (χ4n) is 3.03. The highest BCUT2D eigenvalue weighted by Gasteiger charge is 2.27. The number of fused-ring (bicyclic) bond motifs is 1. The van der Waals surface area contributed by atoms with E-state index in [1.807, 2.05) is 6.07 Å². The van der Waals surface area contributed by atoms with E-state index in [0.717, 1.165) is 5.56 Å². The summed E-state index contributed by atoms with van der Waals surface area (Å²) < 4.78 is 22.1. The van der Waals surface area contributed by atoms with Crippen LogP contribution < -0.4 is 14.9 Å². The van der Waals surface area contributed by atoms with Crippen molar-refractivity contribution in [3.8, 4) is 29.2 Å². The highest BCUT2D eigenvalue weighted by Crippen LogP contribution is 2.36. The molecule has 0 spiro atoms. The first-order valence-electron chi connectivity index (χ1n) is 9.53. The first-order valence-corrected chi connectivity index (χ1v) is 9.53. The lowest BCUT2D eigenvalue weighted by atomic mass is 9.80. The lowest BCUT2D eigenvalue weighted by Crippen LogP contribution is -2.27. The first-order chi connectivity index (χ1) is 15.1. The maximum atomic E-state index is 12.2. The van der Waals surface area contributed by atoms with Crippen molar-refractivity contribution in [1.29, 1.82) is 5.26 Å². The predicted molar refractivity (Wildman–Crippen MR) is 110 cm³/mol. The number of carbonyl (C=O) groups excluding carboxylic acids is 1.